The molecule has 142 valence electrons. The smallest absolute Gasteiger partial charge is 0.308 e. The van der Waals surface area contributed by atoms with Crippen LogP contribution in [-0.4, -0.2) is 28.9 Å². The maximum absolute atomic E-state index is 13.7. The number of aromatic nitrogens is 3. The summed E-state index contributed by atoms with van der Waals surface area (Å²) in [6.45, 7) is 5.24. The molecular weight excluding hydrogens is 373 g/mol. The number of nitrogens with zero attached hydrogens (tertiary/aromatic N) is 3. The first kappa shape index (κ1) is 20.2. The highest BCUT2D eigenvalue weighted by Gasteiger charge is 2.19. The van der Waals surface area contributed by atoms with Gasteiger partial charge in [-0.05, 0) is 37.6 Å². The average Bonchev–Trinajstić information content (AvgIpc) is 2.92. The van der Waals surface area contributed by atoms with Gasteiger partial charge in [0, 0.05) is 19.2 Å². The van der Waals surface area contributed by atoms with E-state index in [1.54, 1.807) is 18.5 Å². The van der Waals surface area contributed by atoms with Crippen LogP contribution in [0, 0.1) is 17.5 Å². The first-order valence-corrected chi connectivity index (χ1v) is 8.94. The lowest BCUT2D eigenvalue weighted by atomic mass is 10.2. The van der Waals surface area contributed by atoms with Crippen LogP contribution < -0.4 is 5.32 Å². The SMILES string of the molecule is CC(=O)NC(C)c1nc2ccc(F)cc2n1-c1cncc(C)c1.N=S(=O)=O. The van der Waals surface area contributed by atoms with Crippen molar-refractivity contribution in [1.29, 1.82) is 4.78 Å². The maximum atomic E-state index is 13.7. The van der Waals surface area contributed by atoms with Gasteiger partial charge in [0.25, 0.3) is 0 Å². The molecule has 10 heteroatoms. The molecule has 0 spiro atoms. The Morgan fingerprint density at radius 1 is 1.30 bits per heavy atom. The Morgan fingerprint density at radius 2 is 1.96 bits per heavy atom. The number of aryl methyl sites for hydroxylation is 1. The van der Waals surface area contributed by atoms with E-state index in [1.165, 1.54) is 19.1 Å². The third-order valence-corrected chi connectivity index (χ3v) is 3.57. The minimum atomic E-state index is -2.61. The molecule has 0 aliphatic heterocycles. The van der Waals surface area contributed by atoms with E-state index in [9.17, 15) is 9.18 Å². The molecule has 1 amide bonds. The van der Waals surface area contributed by atoms with E-state index >= 15 is 0 Å². The van der Waals surface area contributed by atoms with Gasteiger partial charge in [-0.15, -0.1) is 0 Å². The topological polar surface area (TPSA) is 118 Å². The summed E-state index contributed by atoms with van der Waals surface area (Å²) in [7, 11) is -2.61. The first-order valence-electron chi connectivity index (χ1n) is 7.86. The first-order chi connectivity index (χ1) is 12.7. The van der Waals surface area contributed by atoms with Gasteiger partial charge >= 0.3 is 10.5 Å². The number of amides is 1. The monoisotopic (exact) mass is 391 g/mol. The van der Waals surface area contributed by atoms with Gasteiger partial charge in [-0.25, -0.2) is 9.37 Å². The van der Waals surface area contributed by atoms with E-state index in [0.29, 0.717) is 16.9 Å². The number of nitrogens with one attached hydrogen (secondary N) is 2. The highest BCUT2D eigenvalue weighted by molar-refractivity contribution is 7.60. The largest absolute Gasteiger partial charge is 0.347 e. The molecule has 0 radical (unpaired) electrons. The van der Waals surface area contributed by atoms with Gasteiger partial charge in [0.1, 0.15) is 11.6 Å². The van der Waals surface area contributed by atoms with Gasteiger partial charge in [0.15, 0.2) is 0 Å². The number of rotatable bonds is 3. The van der Waals surface area contributed by atoms with Crippen LogP contribution in [0.2, 0.25) is 0 Å². The van der Waals surface area contributed by atoms with Crippen molar-refractivity contribution in [3.63, 3.8) is 0 Å². The van der Waals surface area contributed by atoms with E-state index in [-0.39, 0.29) is 17.8 Å². The summed E-state index contributed by atoms with van der Waals surface area (Å²) < 4.78 is 38.4. The summed E-state index contributed by atoms with van der Waals surface area (Å²) in [5, 5.41) is 2.82. The molecule has 0 bridgehead atoms. The molecule has 27 heavy (non-hydrogen) atoms. The third-order valence-electron chi connectivity index (χ3n) is 3.57. The van der Waals surface area contributed by atoms with Gasteiger partial charge in [0.05, 0.1) is 29.0 Å². The molecule has 8 nitrogen and oxygen atoms in total. The molecule has 0 fully saturated rings. The predicted molar refractivity (Wildman–Crippen MR) is 97.4 cm³/mol. The summed E-state index contributed by atoms with van der Waals surface area (Å²) in [6, 6.07) is 6.08. The fraction of sp³-hybridized carbons (Fsp3) is 0.235. The van der Waals surface area contributed by atoms with Crippen molar-refractivity contribution in [2.24, 2.45) is 0 Å². The summed E-state index contributed by atoms with van der Waals surface area (Å²) in [4.78, 5) is 20.1. The quantitative estimate of drug-likeness (QED) is 0.712. The lowest BCUT2D eigenvalue weighted by Crippen LogP contribution is -2.26. The Hall–Kier alpha value is -3.14. The molecular formula is C17H18FN5O3S. The van der Waals surface area contributed by atoms with Crippen molar-refractivity contribution >= 4 is 27.4 Å². The molecule has 1 aromatic carbocycles. The van der Waals surface area contributed by atoms with Gasteiger partial charge in [-0.1, -0.05) is 0 Å². The standard InChI is InChI=1S/C17H17FN4O.HNO2S/c1-10-6-14(9-19-8-10)22-16-7-13(18)4-5-15(16)21-17(22)11(2)20-12(3)23;1-4(2)3/h4-9,11H,1-3H3,(H,20,23);1H. The highest BCUT2D eigenvalue weighted by atomic mass is 32.2. The van der Waals surface area contributed by atoms with Crippen LogP contribution in [0.5, 0.6) is 0 Å². The maximum Gasteiger partial charge on any atom is 0.308 e. The van der Waals surface area contributed by atoms with Crippen LogP contribution >= 0.6 is 0 Å². The molecule has 3 aromatic rings. The Kier molecular flexibility index (Phi) is 6.35. The summed E-state index contributed by atoms with van der Waals surface area (Å²) in [6.07, 6.45) is 3.45. The predicted octanol–water partition coefficient (Wildman–Crippen LogP) is 2.69. The Labute approximate surface area is 156 Å². The molecule has 1 unspecified atom stereocenters. The van der Waals surface area contributed by atoms with Crippen LogP contribution in [0.15, 0.2) is 36.7 Å². The van der Waals surface area contributed by atoms with Gasteiger partial charge in [-0.2, -0.15) is 13.2 Å². The van der Waals surface area contributed by atoms with E-state index in [1.807, 2.05) is 24.5 Å². The van der Waals surface area contributed by atoms with E-state index in [0.717, 1.165) is 11.3 Å². The number of carbonyl (C=O) groups is 1. The van der Waals surface area contributed by atoms with Crippen LogP contribution in [0.1, 0.15) is 31.3 Å². The Balaban J connectivity index is 0.000000596. The molecule has 2 N–H and O–H groups in total. The average molecular weight is 391 g/mol. The number of hydrogen-bond donors (Lipinski definition) is 2. The lowest BCUT2D eigenvalue weighted by molar-refractivity contribution is -0.119. The molecule has 2 heterocycles. The normalized spacial score (nSPS) is 11.4. The zero-order valence-electron chi connectivity index (χ0n) is 14.9. The number of hydrogen-bond acceptors (Lipinski definition) is 6. The van der Waals surface area contributed by atoms with E-state index in [4.69, 9.17) is 13.2 Å². The zero-order chi connectivity index (χ0) is 20.1. The third kappa shape index (κ3) is 5.17. The lowest BCUT2D eigenvalue weighted by Gasteiger charge is -2.15. The van der Waals surface area contributed by atoms with Crippen LogP contribution in [0.4, 0.5) is 4.39 Å². The number of halogens is 1. The van der Waals surface area contributed by atoms with Crippen LogP contribution in [0.3, 0.4) is 0 Å². The molecule has 0 saturated carbocycles. The molecule has 0 aliphatic carbocycles. The molecule has 0 aliphatic rings. The summed E-state index contributed by atoms with van der Waals surface area (Å²) in [5.41, 5.74) is 3.08. The zero-order valence-corrected chi connectivity index (χ0v) is 15.7. The summed E-state index contributed by atoms with van der Waals surface area (Å²) in [5.74, 6) is 0.149. The van der Waals surface area contributed by atoms with Crippen molar-refractivity contribution in [1.82, 2.24) is 19.9 Å². The van der Waals surface area contributed by atoms with E-state index < -0.39 is 10.5 Å². The second kappa shape index (κ2) is 8.49. The van der Waals surface area contributed by atoms with E-state index in [2.05, 4.69) is 15.3 Å². The Morgan fingerprint density at radius 3 is 2.56 bits per heavy atom. The van der Waals surface area contributed by atoms with Crippen molar-refractivity contribution in [2.45, 2.75) is 26.8 Å². The minimum absolute atomic E-state index is 0.148. The van der Waals surface area contributed by atoms with Gasteiger partial charge in [-0.3, -0.25) is 14.3 Å². The van der Waals surface area contributed by atoms with Crippen LogP contribution in [-0.2, 0) is 15.3 Å². The number of carbonyl (C=O) groups excluding carboxylic acids is 1. The summed E-state index contributed by atoms with van der Waals surface area (Å²) >= 11 is 0. The van der Waals surface area contributed by atoms with Gasteiger partial charge in [0.2, 0.25) is 5.91 Å². The number of imidazole rings is 1. The fourth-order valence-corrected chi connectivity index (χ4v) is 2.66. The van der Waals surface area contributed by atoms with Crippen molar-refractivity contribution in [3.8, 4) is 5.69 Å². The molecule has 1 atom stereocenters. The minimum Gasteiger partial charge on any atom is -0.347 e. The molecule has 0 saturated heterocycles. The second-order valence-corrected chi connectivity index (χ2v) is 6.29. The fourth-order valence-electron chi connectivity index (χ4n) is 2.66. The van der Waals surface area contributed by atoms with Crippen LogP contribution in [0.25, 0.3) is 16.7 Å². The highest BCUT2D eigenvalue weighted by Crippen LogP contribution is 2.26. The van der Waals surface area contributed by atoms with Crippen molar-refractivity contribution in [2.75, 3.05) is 0 Å². The second-order valence-electron chi connectivity index (χ2n) is 5.82. The number of pyridine rings is 1. The number of benzene rings is 1. The van der Waals surface area contributed by atoms with Crippen molar-refractivity contribution in [3.05, 3.63) is 53.9 Å². The molecule has 2 aromatic heterocycles. The number of fused-ring (bicyclic) bond motifs is 1. The van der Waals surface area contributed by atoms with Gasteiger partial charge < -0.3 is 5.32 Å². The van der Waals surface area contributed by atoms with Crippen molar-refractivity contribution < 1.29 is 17.6 Å². The Bertz CT molecular complexity index is 1090. The molecule has 3 rings (SSSR count).